The lowest BCUT2D eigenvalue weighted by atomic mass is 10.0. The number of rotatable bonds is 4. The summed E-state index contributed by atoms with van der Waals surface area (Å²) in [6, 6.07) is 7.07. The average molecular weight is 390 g/mol. The Morgan fingerprint density at radius 1 is 0.929 bits per heavy atom. The molecule has 0 saturated carbocycles. The van der Waals surface area contributed by atoms with Crippen LogP contribution in [0, 0.1) is 23.3 Å². The van der Waals surface area contributed by atoms with Gasteiger partial charge in [-0.05, 0) is 30.3 Å². The standard InChI is InChI=1S/C19H10F4N2O3/c20-11-5-6-12(15(23)8-11)17(24-28)19(27)10-4-7-16(26)25(9-10)18-13(21)2-1-3-14(18)22/h1-9,28H/b24-17+. The molecular formula is C19H10F4N2O3. The van der Waals surface area contributed by atoms with E-state index < -0.39 is 51.6 Å². The number of hydrogen-bond acceptors (Lipinski definition) is 4. The van der Waals surface area contributed by atoms with Gasteiger partial charge < -0.3 is 5.21 Å². The van der Waals surface area contributed by atoms with Crippen LogP contribution in [-0.2, 0) is 0 Å². The van der Waals surface area contributed by atoms with E-state index >= 15 is 0 Å². The third-order valence-corrected chi connectivity index (χ3v) is 3.85. The summed E-state index contributed by atoms with van der Waals surface area (Å²) >= 11 is 0. The molecule has 0 aliphatic carbocycles. The van der Waals surface area contributed by atoms with Crippen molar-refractivity contribution in [3.63, 3.8) is 0 Å². The van der Waals surface area contributed by atoms with Crippen molar-refractivity contribution in [3.05, 3.63) is 99.5 Å². The normalized spacial score (nSPS) is 11.5. The molecule has 0 atom stereocenters. The largest absolute Gasteiger partial charge is 0.410 e. The van der Waals surface area contributed by atoms with Crippen LogP contribution in [0.1, 0.15) is 15.9 Å². The maximum Gasteiger partial charge on any atom is 0.255 e. The number of ketones is 1. The van der Waals surface area contributed by atoms with Crippen LogP contribution in [0.5, 0.6) is 0 Å². The maximum atomic E-state index is 14.0. The van der Waals surface area contributed by atoms with Crippen molar-refractivity contribution in [1.29, 1.82) is 0 Å². The summed E-state index contributed by atoms with van der Waals surface area (Å²) < 4.78 is 55.6. The third kappa shape index (κ3) is 3.41. The minimum Gasteiger partial charge on any atom is -0.410 e. The van der Waals surface area contributed by atoms with E-state index in [0.717, 1.165) is 48.7 Å². The quantitative estimate of drug-likeness (QED) is 0.244. The van der Waals surface area contributed by atoms with Gasteiger partial charge in [0, 0.05) is 29.5 Å². The number of halogens is 4. The molecule has 0 saturated heterocycles. The number of Topliss-reactive ketones (excluding diaryl/α,β-unsaturated/α-hetero) is 1. The molecule has 142 valence electrons. The average Bonchev–Trinajstić information content (AvgIpc) is 2.65. The van der Waals surface area contributed by atoms with E-state index in [-0.39, 0.29) is 5.56 Å². The van der Waals surface area contributed by atoms with Crippen molar-refractivity contribution in [2.75, 3.05) is 0 Å². The summed E-state index contributed by atoms with van der Waals surface area (Å²) in [7, 11) is 0. The number of carbonyl (C=O) groups is 1. The van der Waals surface area contributed by atoms with Gasteiger partial charge in [-0.25, -0.2) is 17.6 Å². The van der Waals surface area contributed by atoms with Gasteiger partial charge in [0.15, 0.2) is 5.71 Å². The highest BCUT2D eigenvalue weighted by Crippen LogP contribution is 2.18. The Labute approximate surface area is 154 Å². The van der Waals surface area contributed by atoms with E-state index in [9.17, 15) is 27.2 Å². The van der Waals surface area contributed by atoms with Crippen LogP contribution in [0.2, 0.25) is 0 Å². The number of hydrogen-bond donors (Lipinski definition) is 1. The zero-order valence-electron chi connectivity index (χ0n) is 13.9. The van der Waals surface area contributed by atoms with Crippen LogP contribution in [0.25, 0.3) is 5.69 Å². The molecule has 0 bridgehead atoms. The SMILES string of the molecule is O=C(/C(=N/O)c1ccc(F)cc1F)c1ccc(=O)n(-c2c(F)cccc2F)c1. The minimum atomic E-state index is -1.16. The molecule has 28 heavy (non-hydrogen) atoms. The molecule has 0 fully saturated rings. The zero-order chi connectivity index (χ0) is 20.4. The monoisotopic (exact) mass is 390 g/mol. The van der Waals surface area contributed by atoms with Gasteiger partial charge >= 0.3 is 0 Å². The van der Waals surface area contributed by atoms with Crippen molar-refractivity contribution < 1.29 is 27.6 Å². The van der Waals surface area contributed by atoms with Gasteiger partial charge in [-0.15, -0.1) is 0 Å². The van der Waals surface area contributed by atoms with Gasteiger partial charge in [0.05, 0.1) is 0 Å². The Balaban J connectivity index is 2.12. The van der Waals surface area contributed by atoms with E-state index in [0.29, 0.717) is 10.6 Å². The highest BCUT2D eigenvalue weighted by atomic mass is 19.1. The highest BCUT2D eigenvalue weighted by Gasteiger charge is 2.22. The molecule has 3 aromatic rings. The summed E-state index contributed by atoms with van der Waals surface area (Å²) in [4.78, 5) is 24.7. The molecule has 5 nitrogen and oxygen atoms in total. The summed E-state index contributed by atoms with van der Waals surface area (Å²) in [6.07, 6.45) is 0.832. The topological polar surface area (TPSA) is 71.7 Å². The molecule has 0 aliphatic rings. The first kappa shape index (κ1) is 19.0. The molecule has 1 aromatic heterocycles. The molecule has 2 aromatic carbocycles. The van der Waals surface area contributed by atoms with E-state index in [1.165, 1.54) is 0 Å². The van der Waals surface area contributed by atoms with Crippen LogP contribution in [0.15, 0.2) is 64.7 Å². The van der Waals surface area contributed by atoms with Crippen LogP contribution in [0.3, 0.4) is 0 Å². The van der Waals surface area contributed by atoms with Crippen molar-refractivity contribution in [2.45, 2.75) is 0 Å². The number of benzene rings is 2. The van der Waals surface area contributed by atoms with Crippen molar-refractivity contribution in [3.8, 4) is 5.69 Å². The van der Waals surface area contributed by atoms with Crippen molar-refractivity contribution in [2.24, 2.45) is 5.16 Å². The van der Waals surface area contributed by atoms with Gasteiger partial charge in [-0.2, -0.15) is 0 Å². The molecule has 3 rings (SSSR count). The van der Waals surface area contributed by atoms with Crippen molar-refractivity contribution >= 4 is 11.5 Å². The molecule has 0 spiro atoms. The first-order chi connectivity index (χ1) is 13.3. The van der Waals surface area contributed by atoms with Gasteiger partial charge in [-0.1, -0.05) is 11.2 Å². The Hall–Kier alpha value is -3.75. The summed E-state index contributed by atoms with van der Waals surface area (Å²) in [5.41, 5.74) is -3.15. The minimum absolute atomic E-state index is 0.321. The highest BCUT2D eigenvalue weighted by molar-refractivity contribution is 6.51. The Morgan fingerprint density at radius 3 is 2.21 bits per heavy atom. The van der Waals surface area contributed by atoms with Crippen LogP contribution in [0.4, 0.5) is 17.6 Å². The Bertz CT molecular complexity index is 1150. The fourth-order valence-corrected chi connectivity index (χ4v) is 2.56. The number of pyridine rings is 1. The second kappa shape index (κ2) is 7.47. The molecule has 1 N–H and O–H groups in total. The van der Waals surface area contributed by atoms with Crippen LogP contribution < -0.4 is 5.56 Å². The lowest BCUT2D eigenvalue weighted by Gasteiger charge is -2.10. The lowest BCUT2D eigenvalue weighted by molar-refractivity contribution is 0.106. The molecular weight excluding hydrogens is 380 g/mol. The fourth-order valence-electron chi connectivity index (χ4n) is 2.56. The predicted octanol–water partition coefficient (Wildman–Crippen LogP) is 3.46. The number of nitrogens with zero attached hydrogens (tertiary/aromatic N) is 2. The molecule has 1 heterocycles. The summed E-state index contributed by atoms with van der Waals surface area (Å²) in [6.45, 7) is 0. The molecule has 0 unspecified atom stereocenters. The third-order valence-electron chi connectivity index (χ3n) is 3.85. The van der Waals surface area contributed by atoms with Crippen LogP contribution in [-0.4, -0.2) is 21.3 Å². The van der Waals surface area contributed by atoms with E-state index in [2.05, 4.69) is 5.16 Å². The summed E-state index contributed by atoms with van der Waals surface area (Å²) in [5.74, 6) is -5.22. The maximum absolute atomic E-state index is 14.0. The van der Waals surface area contributed by atoms with E-state index in [4.69, 9.17) is 5.21 Å². The van der Waals surface area contributed by atoms with E-state index in [1.807, 2.05) is 0 Å². The predicted molar refractivity (Wildman–Crippen MR) is 91.0 cm³/mol. The smallest absolute Gasteiger partial charge is 0.255 e. The second-order valence-electron chi connectivity index (χ2n) is 5.60. The number of carbonyl (C=O) groups excluding carboxylic acids is 1. The van der Waals surface area contributed by atoms with Crippen LogP contribution >= 0.6 is 0 Å². The lowest BCUT2D eigenvalue weighted by Crippen LogP contribution is -2.23. The number of para-hydroxylation sites is 1. The number of aromatic nitrogens is 1. The Morgan fingerprint density at radius 2 is 1.61 bits per heavy atom. The first-order valence-electron chi connectivity index (χ1n) is 7.72. The van der Waals surface area contributed by atoms with E-state index in [1.54, 1.807) is 0 Å². The molecule has 0 aliphatic heterocycles. The molecule has 0 amide bonds. The van der Waals surface area contributed by atoms with Crippen molar-refractivity contribution in [1.82, 2.24) is 4.57 Å². The Kier molecular flexibility index (Phi) is 5.08. The van der Waals surface area contributed by atoms with Gasteiger partial charge in [0.1, 0.15) is 29.0 Å². The summed E-state index contributed by atoms with van der Waals surface area (Å²) in [5, 5.41) is 11.9. The number of oxime groups is 1. The van der Waals surface area contributed by atoms with Gasteiger partial charge in [-0.3, -0.25) is 14.2 Å². The first-order valence-corrected chi connectivity index (χ1v) is 7.72. The second-order valence-corrected chi connectivity index (χ2v) is 5.60. The fraction of sp³-hybridized carbons (Fsp3) is 0. The molecule has 9 heteroatoms. The van der Waals surface area contributed by atoms with Gasteiger partial charge in [0.2, 0.25) is 5.78 Å². The van der Waals surface area contributed by atoms with Gasteiger partial charge in [0.25, 0.3) is 5.56 Å². The zero-order valence-corrected chi connectivity index (χ0v) is 13.9. The molecule has 0 radical (unpaired) electrons.